The van der Waals surface area contributed by atoms with Gasteiger partial charge in [0.1, 0.15) is 9.79 Å². The van der Waals surface area contributed by atoms with Crippen molar-refractivity contribution in [1.29, 1.82) is 0 Å². The smallest absolute Gasteiger partial charge is 0.204 e. The minimum Gasteiger partial charge on any atom is -0.204 e. The zero-order chi connectivity index (χ0) is 20.9. The van der Waals surface area contributed by atoms with E-state index in [1.807, 2.05) is 0 Å². The molecule has 1 aromatic rings. The molecule has 19 heteroatoms. The number of hydrogen-bond donors (Lipinski definition) is 0. The van der Waals surface area contributed by atoms with Gasteiger partial charge in [-0.05, 0) is 12.1 Å². The van der Waals surface area contributed by atoms with Gasteiger partial charge in [0.05, 0.1) is 4.90 Å². The van der Waals surface area contributed by atoms with Crippen molar-refractivity contribution in [2.45, 2.75) is 14.7 Å². The third kappa shape index (κ3) is 5.60. The molecule has 0 heterocycles. The van der Waals surface area contributed by atoms with Gasteiger partial charge in [-0.3, -0.25) is 0 Å². The third-order valence-electron chi connectivity index (χ3n) is 2.26. The van der Waals surface area contributed by atoms with E-state index in [-0.39, 0.29) is 0 Å². The molecule has 0 aromatic heterocycles. The summed E-state index contributed by atoms with van der Waals surface area (Å²) in [4.78, 5) is -11.8. The summed E-state index contributed by atoms with van der Waals surface area (Å²) in [6.45, 7) is 0. The van der Waals surface area contributed by atoms with Crippen LogP contribution in [0, 0.1) is 5.82 Å². The molecule has 0 bridgehead atoms. The van der Waals surface area contributed by atoms with E-state index in [0.717, 1.165) is 0 Å². The zero-order valence-electron chi connectivity index (χ0n) is 10.4. The lowest BCUT2D eigenvalue weighted by Gasteiger charge is -2.49. The second-order valence-corrected chi connectivity index (χ2v) is 17.4. The molecule has 0 aliphatic carbocycles. The van der Waals surface area contributed by atoms with Crippen LogP contribution < -0.4 is 0 Å². The maximum absolute atomic E-state index is 13.5. The van der Waals surface area contributed by atoms with Crippen molar-refractivity contribution in [2.24, 2.45) is 0 Å². The van der Waals surface area contributed by atoms with Crippen LogP contribution in [0.15, 0.2) is 26.8 Å². The highest BCUT2D eigenvalue weighted by molar-refractivity contribution is 8.67. The fraction of sp³-hybridized carbons (Fsp3) is 0. The Kier molecular flexibility index (Phi) is 3.47. The molecule has 0 nitrogen and oxygen atoms in total. The van der Waals surface area contributed by atoms with E-state index in [1.54, 1.807) is 0 Å². The van der Waals surface area contributed by atoms with E-state index in [4.69, 9.17) is 0 Å². The van der Waals surface area contributed by atoms with Gasteiger partial charge < -0.3 is 0 Å². The lowest BCUT2D eigenvalue weighted by Crippen LogP contribution is -2.16. The molecule has 0 saturated carbocycles. The Bertz CT molecular complexity index is 736. The van der Waals surface area contributed by atoms with Gasteiger partial charge in [-0.15, -0.1) is 46.6 Å². The summed E-state index contributed by atoms with van der Waals surface area (Å²) >= 11 is 0. The molecule has 0 saturated heterocycles. The van der Waals surface area contributed by atoms with E-state index in [0.29, 0.717) is 0 Å². The van der Waals surface area contributed by atoms with Gasteiger partial charge in [0, 0.05) is 32.0 Å². The number of benzene rings is 1. The Morgan fingerprint density at radius 2 is 0.760 bits per heavy atom. The van der Waals surface area contributed by atoms with Crippen molar-refractivity contribution >= 4 is 59.2 Å². The monoisotopic (exact) mass is 522 g/mol. The Morgan fingerprint density at radius 3 is 0.920 bits per heavy atom. The number of hydrogen-bond acceptors (Lipinski definition) is 0. The van der Waals surface area contributed by atoms with E-state index in [9.17, 15) is 51.0 Å². The number of rotatable bonds is 3. The largest absolute Gasteiger partial charge is 0.256 e. The van der Waals surface area contributed by atoms with Gasteiger partial charge in [0.25, 0.3) is 27.2 Å². The molecular formula is C6H2Cl3F13S3. The maximum atomic E-state index is 13.5. The molecule has 1 aromatic carbocycles. The average Bonchev–Trinajstić information content (AvgIpc) is 2.03. The van der Waals surface area contributed by atoms with Crippen LogP contribution in [0.2, 0.25) is 0 Å². The highest BCUT2D eigenvalue weighted by Crippen LogP contribution is 3.10. The van der Waals surface area contributed by atoms with Crippen LogP contribution in [0.1, 0.15) is 0 Å². The molecule has 156 valence electrons. The first-order chi connectivity index (χ1) is 9.71. The zero-order valence-corrected chi connectivity index (χ0v) is 15.1. The quantitative estimate of drug-likeness (QED) is 0.346. The third-order valence-corrected chi connectivity index (χ3v) is 7.17. The summed E-state index contributed by atoms with van der Waals surface area (Å²) in [7, 11) is -21.3. The first kappa shape index (κ1) is 23.3. The van der Waals surface area contributed by atoms with Crippen molar-refractivity contribution in [2.75, 3.05) is 0 Å². The Balaban J connectivity index is 4.36. The summed E-state index contributed by atoms with van der Waals surface area (Å²) in [6.07, 6.45) is 0. The topological polar surface area (TPSA) is 0 Å². The fourth-order valence-corrected chi connectivity index (χ4v) is 4.76. The summed E-state index contributed by atoms with van der Waals surface area (Å²) in [5.41, 5.74) is 0. The second-order valence-electron chi connectivity index (χ2n) is 4.64. The molecular weight excluding hydrogens is 522 g/mol. The van der Waals surface area contributed by atoms with E-state index >= 15 is 0 Å². The molecule has 0 radical (unpaired) electrons. The molecule has 0 atom stereocenters. The van der Waals surface area contributed by atoms with Crippen molar-refractivity contribution in [3.05, 3.63) is 17.9 Å². The predicted molar refractivity (Wildman–Crippen MR) is 74.8 cm³/mol. The molecule has 0 aliphatic heterocycles. The number of halogens is 16. The Morgan fingerprint density at radius 1 is 0.520 bits per heavy atom. The van der Waals surface area contributed by atoms with E-state index in [1.165, 1.54) is 0 Å². The minimum absolute atomic E-state index is 1.78. The summed E-state index contributed by atoms with van der Waals surface area (Å²) in [5, 5.41) is 0. The van der Waals surface area contributed by atoms with Crippen molar-refractivity contribution in [3.63, 3.8) is 0 Å². The standard InChI is InChI=1S/C6H2Cl3F13S3/c7-23(11,12,13,14)3-1-4(24(8,15,16,17)18)6(10)5(2-3)25(9,19,20,21)22/h1-2H. The molecule has 0 fully saturated rings. The van der Waals surface area contributed by atoms with Crippen LogP contribution in [-0.4, -0.2) is 0 Å². The second kappa shape index (κ2) is 3.73. The molecule has 0 N–H and O–H groups in total. The Labute approximate surface area is 143 Å². The predicted octanol–water partition coefficient (Wildman–Crippen LogP) is 10.6. The van der Waals surface area contributed by atoms with Crippen molar-refractivity contribution in [3.8, 4) is 0 Å². The van der Waals surface area contributed by atoms with Crippen LogP contribution in [0.4, 0.5) is 51.0 Å². The lowest BCUT2D eigenvalue weighted by molar-refractivity contribution is 0.436. The first-order valence-electron chi connectivity index (χ1n) is 4.77. The maximum Gasteiger partial charge on any atom is 0.256 e. The molecule has 1 rings (SSSR count). The van der Waals surface area contributed by atoms with Crippen LogP contribution in [-0.2, 0) is 0 Å². The van der Waals surface area contributed by atoms with Crippen LogP contribution in [0.25, 0.3) is 0 Å². The minimum atomic E-state index is -10.7. The molecule has 0 unspecified atom stereocenters. The first-order valence-corrected chi connectivity index (χ1v) is 13.4. The summed E-state index contributed by atoms with van der Waals surface area (Å²) in [5.74, 6) is -3.96. The van der Waals surface area contributed by atoms with Gasteiger partial charge in [0.2, 0.25) is 0 Å². The van der Waals surface area contributed by atoms with Gasteiger partial charge in [0.15, 0.2) is 5.82 Å². The van der Waals surface area contributed by atoms with Crippen molar-refractivity contribution < 1.29 is 51.0 Å². The van der Waals surface area contributed by atoms with E-state index < -0.39 is 59.8 Å². The van der Waals surface area contributed by atoms with Gasteiger partial charge in [-0.25, -0.2) is 4.39 Å². The highest BCUT2D eigenvalue weighted by atomic mass is 35.8. The molecule has 25 heavy (non-hydrogen) atoms. The van der Waals surface area contributed by atoms with Crippen LogP contribution in [0.5, 0.6) is 0 Å². The highest BCUT2D eigenvalue weighted by Gasteiger charge is 2.72. The summed E-state index contributed by atoms with van der Waals surface area (Å²) < 4.78 is 169. The average molecular weight is 524 g/mol. The lowest BCUT2D eigenvalue weighted by atomic mass is 10.3. The van der Waals surface area contributed by atoms with Crippen LogP contribution in [0.3, 0.4) is 0 Å². The van der Waals surface area contributed by atoms with Gasteiger partial charge in [-0.2, -0.15) is 0 Å². The molecule has 0 aliphatic rings. The molecule has 0 amide bonds. The van der Waals surface area contributed by atoms with E-state index in [2.05, 4.69) is 32.0 Å². The fourth-order valence-electron chi connectivity index (χ4n) is 1.33. The van der Waals surface area contributed by atoms with Gasteiger partial charge >= 0.3 is 0 Å². The van der Waals surface area contributed by atoms with Gasteiger partial charge in [-0.1, -0.05) is 0 Å². The molecule has 0 spiro atoms. The Hall–Kier alpha value is 0.230. The van der Waals surface area contributed by atoms with Crippen LogP contribution >= 0.6 is 59.2 Å². The normalized spacial score (nSPS) is 22.7. The summed E-state index contributed by atoms with van der Waals surface area (Å²) in [6, 6.07) is -3.55. The van der Waals surface area contributed by atoms with Crippen molar-refractivity contribution in [1.82, 2.24) is 0 Å². The SMILES string of the molecule is Fc1c(S(F)(F)(F)(F)Cl)cc(S(F)(F)(F)(F)Cl)cc1S(F)(F)(F)(F)Cl.